The zero-order chi connectivity index (χ0) is 15.0. The molecule has 2 aromatic rings. The van der Waals surface area contributed by atoms with Crippen molar-refractivity contribution in [3.63, 3.8) is 0 Å². The van der Waals surface area contributed by atoms with Gasteiger partial charge in [-0.2, -0.15) is 4.31 Å². The van der Waals surface area contributed by atoms with Crippen LogP contribution in [-0.4, -0.2) is 55.2 Å². The fraction of sp³-hybridized carbons (Fsp3) is 0.333. The number of aromatic amines is 1. The third kappa shape index (κ3) is 2.45. The monoisotopic (exact) mass is 311 g/mol. The Labute approximate surface area is 120 Å². The number of amides is 1. The van der Waals surface area contributed by atoms with E-state index in [1.54, 1.807) is 0 Å². The number of carbonyl (C=O) groups is 1. The third-order valence-corrected chi connectivity index (χ3v) is 5.35. The highest BCUT2D eigenvalue weighted by molar-refractivity contribution is 7.89. The first-order chi connectivity index (χ1) is 10.0. The Morgan fingerprint density at radius 2 is 1.90 bits per heavy atom. The van der Waals surface area contributed by atoms with Gasteiger partial charge in [0.2, 0.25) is 16.4 Å². The Bertz CT molecular complexity index is 830. The number of nitrogens with one attached hydrogen (secondary N) is 1. The molecule has 3 rings (SSSR count). The van der Waals surface area contributed by atoms with E-state index in [4.69, 9.17) is 4.42 Å². The molecule has 8 nitrogen and oxygen atoms in total. The Morgan fingerprint density at radius 1 is 1.19 bits per heavy atom. The van der Waals surface area contributed by atoms with Crippen LogP contribution in [0.15, 0.2) is 32.3 Å². The summed E-state index contributed by atoms with van der Waals surface area (Å²) < 4.78 is 31.2. The van der Waals surface area contributed by atoms with E-state index >= 15 is 0 Å². The van der Waals surface area contributed by atoms with E-state index in [1.165, 1.54) is 27.4 Å². The molecule has 0 spiro atoms. The molecular weight excluding hydrogens is 298 g/mol. The molecule has 1 aromatic carbocycles. The zero-order valence-electron chi connectivity index (χ0n) is 11.0. The quantitative estimate of drug-likeness (QED) is 0.776. The van der Waals surface area contributed by atoms with Crippen LogP contribution >= 0.6 is 0 Å². The molecule has 1 amide bonds. The van der Waals surface area contributed by atoms with Gasteiger partial charge in [-0.1, -0.05) is 0 Å². The van der Waals surface area contributed by atoms with E-state index in [1.807, 2.05) is 0 Å². The number of H-pyrrole nitrogens is 1. The second-order valence-electron chi connectivity index (χ2n) is 4.72. The van der Waals surface area contributed by atoms with E-state index in [0.29, 0.717) is 25.0 Å². The van der Waals surface area contributed by atoms with Gasteiger partial charge in [0.15, 0.2) is 5.58 Å². The number of sulfonamides is 1. The molecule has 1 fully saturated rings. The number of oxazole rings is 1. The van der Waals surface area contributed by atoms with Crippen LogP contribution in [0.25, 0.3) is 11.1 Å². The summed E-state index contributed by atoms with van der Waals surface area (Å²) in [6, 6.07) is 4.25. The lowest BCUT2D eigenvalue weighted by atomic mass is 10.3. The molecule has 1 N–H and O–H groups in total. The van der Waals surface area contributed by atoms with Gasteiger partial charge in [0, 0.05) is 32.2 Å². The van der Waals surface area contributed by atoms with Crippen molar-refractivity contribution < 1.29 is 17.6 Å². The van der Waals surface area contributed by atoms with Crippen molar-refractivity contribution in [3.05, 3.63) is 28.7 Å². The highest BCUT2D eigenvalue weighted by Crippen LogP contribution is 2.21. The second-order valence-corrected chi connectivity index (χ2v) is 6.66. The maximum Gasteiger partial charge on any atom is 0.417 e. The second kappa shape index (κ2) is 5.01. The van der Waals surface area contributed by atoms with Crippen LogP contribution in [-0.2, 0) is 14.8 Å². The van der Waals surface area contributed by atoms with Crippen molar-refractivity contribution in [3.8, 4) is 0 Å². The van der Waals surface area contributed by atoms with E-state index in [9.17, 15) is 18.0 Å². The van der Waals surface area contributed by atoms with Gasteiger partial charge in [0.25, 0.3) is 0 Å². The van der Waals surface area contributed by atoms with Gasteiger partial charge in [-0.15, -0.1) is 0 Å². The summed E-state index contributed by atoms with van der Waals surface area (Å²) in [5, 5.41) is 0. The lowest BCUT2D eigenvalue weighted by Gasteiger charge is -2.31. The Balaban J connectivity index is 1.92. The summed E-state index contributed by atoms with van der Waals surface area (Å²) in [6.07, 6.45) is 0.713. The average molecular weight is 311 g/mol. The van der Waals surface area contributed by atoms with Crippen LogP contribution in [0, 0.1) is 0 Å². The molecule has 0 radical (unpaired) electrons. The molecule has 1 aliphatic heterocycles. The number of hydrogen-bond donors (Lipinski definition) is 1. The van der Waals surface area contributed by atoms with Gasteiger partial charge in [-0.3, -0.25) is 9.78 Å². The van der Waals surface area contributed by atoms with Crippen LogP contribution in [0.5, 0.6) is 0 Å². The van der Waals surface area contributed by atoms with Crippen molar-refractivity contribution in [1.29, 1.82) is 0 Å². The van der Waals surface area contributed by atoms with Crippen LogP contribution < -0.4 is 5.76 Å². The smallest absolute Gasteiger partial charge is 0.408 e. The number of benzene rings is 1. The van der Waals surface area contributed by atoms with Gasteiger partial charge in [-0.05, 0) is 12.1 Å². The van der Waals surface area contributed by atoms with Gasteiger partial charge < -0.3 is 9.32 Å². The normalized spacial score (nSPS) is 17.2. The minimum absolute atomic E-state index is 0.0669. The number of rotatable bonds is 3. The molecule has 1 aliphatic rings. The molecule has 0 bridgehead atoms. The fourth-order valence-corrected chi connectivity index (χ4v) is 3.72. The van der Waals surface area contributed by atoms with E-state index < -0.39 is 15.8 Å². The Kier molecular flexibility index (Phi) is 3.30. The Morgan fingerprint density at radius 3 is 2.57 bits per heavy atom. The fourth-order valence-electron chi connectivity index (χ4n) is 2.28. The van der Waals surface area contributed by atoms with Gasteiger partial charge >= 0.3 is 5.76 Å². The summed E-state index contributed by atoms with van der Waals surface area (Å²) in [5.41, 5.74) is 0.650. The molecule has 1 aromatic heterocycles. The van der Waals surface area contributed by atoms with Crippen molar-refractivity contribution in [2.45, 2.75) is 4.90 Å². The zero-order valence-corrected chi connectivity index (χ0v) is 11.8. The number of hydrogen-bond acceptors (Lipinski definition) is 5. The SMILES string of the molecule is O=CN1CCN(S(=O)(=O)c2ccc3[nH]c(=O)oc3c2)CC1. The maximum absolute atomic E-state index is 12.5. The number of aromatic nitrogens is 1. The summed E-state index contributed by atoms with van der Waals surface area (Å²) in [6.45, 7) is 1.22. The average Bonchev–Trinajstić information content (AvgIpc) is 2.86. The van der Waals surface area contributed by atoms with Gasteiger partial charge in [0.05, 0.1) is 10.4 Å². The first-order valence-corrected chi connectivity index (χ1v) is 7.77. The predicted molar refractivity (Wildman–Crippen MR) is 73.2 cm³/mol. The molecule has 1 saturated heterocycles. The molecule has 2 heterocycles. The molecule has 0 atom stereocenters. The first-order valence-electron chi connectivity index (χ1n) is 6.33. The third-order valence-electron chi connectivity index (χ3n) is 3.45. The lowest BCUT2D eigenvalue weighted by Crippen LogP contribution is -2.47. The summed E-state index contributed by atoms with van der Waals surface area (Å²) in [7, 11) is -3.66. The number of nitrogens with zero attached hydrogens (tertiary/aromatic N) is 2. The molecule has 0 unspecified atom stereocenters. The lowest BCUT2D eigenvalue weighted by molar-refractivity contribution is -0.119. The van der Waals surface area contributed by atoms with E-state index in [0.717, 1.165) is 0 Å². The number of carbonyl (C=O) groups excluding carboxylic acids is 1. The molecule has 21 heavy (non-hydrogen) atoms. The molecule has 0 saturated carbocycles. The summed E-state index contributed by atoms with van der Waals surface area (Å²) in [5.74, 6) is -0.626. The number of piperazine rings is 1. The van der Waals surface area contributed by atoms with E-state index in [2.05, 4.69) is 4.98 Å². The van der Waals surface area contributed by atoms with Gasteiger partial charge in [0.1, 0.15) is 0 Å². The maximum atomic E-state index is 12.5. The molecule has 9 heteroatoms. The summed E-state index contributed by atoms with van der Waals surface area (Å²) in [4.78, 5) is 25.8. The van der Waals surface area contributed by atoms with Crippen molar-refractivity contribution >= 4 is 27.5 Å². The largest absolute Gasteiger partial charge is 0.417 e. The highest BCUT2D eigenvalue weighted by Gasteiger charge is 2.28. The van der Waals surface area contributed by atoms with Crippen molar-refractivity contribution in [1.82, 2.24) is 14.2 Å². The van der Waals surface area contributed by atoms with Crippen molar-refractivity contribution in [2.75, 3.05) is 26.2 Å². The minimum atomic E-state index is -3.66. The topological polar surface area (TPSA) is 104 Å². The van der Waals surface area contributed by atoms with Crippen LogP contribution in [0.1, 0.15) is 0 Å². The first kappa shape index (κ1) is 13.8. The molecule has 0 aliphatic carbocycles. The molecular formula is C12H13N3O5S. The Hall–Kier alpha value is -2.13. The van der Waals surface area contributed by atoms with Crippen LogP contribution in [0.2, 0.25) is 0 Å². The number of fused-ring (bicyclic) bond motifs is 1. The van der Waals surface area contributed by atoms with Crippen LogP contribution in [0.3, 0.4) is 0 Å². The van der Waals surface area contributed by atoms with E-state index in [-0.39, 0.29) is 23.6 Å². The predicted octanol–water partition coefficient (Wildman–Crippen LogP) is -0.416. The standard InChI is InChI=1S/C12H13N3O5S/c16-8-14-3-5-15(6-4-14)21(18,19)9-1-2-10-11(7-9)20-12(17)13-10/h1-2,7-8H,3-6H2,(H,13,17). The highest BCUT2D eigenvalue weighted by atomic mass is 32.2. The summed E-state index contributed by atoms with van der Waals surface area (Å²) >= 11 is 0. The van der Waals surface area contributed by atoms with Crippen LogP contribution in [0.4, 0.5) is 0 Å². The minimum Gasteiger partial charge on any atom is -0.408 e. The van der Waals surface area contributed by atoms with Gasteiger partial charge in [-0.25, -0.2) is 13.2 Å². The molecule has 112 valence electrons. The van der Waals surface area contributed by atoms with Crippen molar-refractivity contribution in [2.24, 2.45) is 0 Å².